The second-order valence-electron chi connectivity index (χ2n) is 18.2. The maximum atomic E-state index is 14.3. The maximum absolute atomic E-state index is 14.3. The minimum Gasteiger partial charge on any atom is -0.436 e. The van der Waals surface area contributed by atoms with Gasteiger partial charge in [0.2, 0.25) is 12.6 Å². The maximum Gasteiger partial charge on any atom is 0.310 e. The van der Waals surface area contributed by atoms with Crippen molar-refractivity contribution in [3.05, 3.63) is 71.8 Å². The molecular formula is C50H72O18. The fraction of sp³-hybridized carbons (Fsp3) is 0.720. The predicted molar refractivity (Wildman–Crippen MR) is 240 cm³/mol. The Kier molecular flexibility index (Phi) is 20.0. The van der Waals surface area contributed by atoms with E-state index in [0.29, 0.717) is 12.8 Å². The van der Waals surface area contributed by atoms with Crippen molar-refractivity contribution in [2.75, 3.05) is 55.9 Å². The predicted octanol–water partition coefficient (Wildman–Crippen LogP) is 4.89. The third-order valence-electron chi connectivity index (χ3n) is 13.9. The SMILES string of the molecule is CO[C@@H]1[C@@H](OC)[C@H](O[C@H]2C[C@H]3C[C@@H](OCc4ccccc4)OC(=O)C[C@@H]4O[C@H](C[C@@H](OCc5ccccc5)OC(=O)C[C@H](O3)[C@@H]2C)C[C@H](O[C@@H]2OC[C@@H](OC)[C@H](OC)[C@H]2OC)[C@H]4C)OC[C@H]1OC. The van der Waals surface area contributed by atoms with Crippen molar-refractivity contribution in [1.29, 1.82) is 0 Å². The van der Waals surface area contributed by atoms with E-state index in [2.05, 4.69) is 0 Å². The van der Waals surface area contributed by atoms with Crippen molar-refractivity contribution < 1.29 is 85.4 Å². The van der Waals surface area contributed by atoms with Crippen LogP contribution >= 0.6 is 0 Å². The van der Waals surface area contributed by atoms with E-state index in [1.165, 1.54) is 0 Å². The Hall–Kier alpha value is -3.18. The number of benzene rings is 2. The van der Waals surface area contributed by atoms with E-state index in [0.717, 1.165) is 11.1 Å². The second-order valence-corrected chi connectivity index (χ2v) is 18.2. The monoisotopic (exact) mass is 960 g/mol. The summed E-state index contributed by atoms with van der Waals surface area (Å²) >= 11 is 0. The van der Waals surface area contributed by atoms with Crippen LogP contribution in [0, 0.1) is 11.8 Å². The Morgan fingerprint density at radius 1 is 0.485 bits per heavy atom. The van der Waals surface area contributed by atoms with Crippen LogP contribution in [-0.4, -0.2) is 166 Å². The molecule has 5 saturated heterocycles. The van der Waals surface area contributed by atoms with Crippen LogP contribution < -0.4 is 0 Å². The summed E-state index contributed by atoms with van der Waals surface area (Å²) in [6, 6.07) is 19.2. The minimum absolute atomic E-state index is 0.126. The van der Waals surface area contributed by atoms with Gasteiger partial charge in [-0.3, -0.25) is 9.59 Å². The number of methoxy groups -OCH3 is 6. The molecule has 0 amide bonds. The number of fused-ring (bicyclic) bond motifs is 4. The van der Waals surface area contributed by atoms with Gasteiger partial charge in [-0.2, -0.15) is 0 Å². The average molecular weight is 961 g/mol. The smallest absolute Gasteiger partial charge is 0.310 e. The Balaban J connectivity index is 1.17. The molecule has 0 aliphatic carbocycles. The van der Waals surface area contributed by atoms with E-state index in [-0.39, 0.29) is 76.2 Å². The molecule has 5 heterocycles. The van der Waals surface area contributed by atoms with E-state index in [9.17, 15) is 9.59 Å². The van der Waals surface area contributed by atoms with Crippen LogP contribution in [-0.2, 0) is 98.6 Å². The van der Waals surface area contributed by atoms with Gasteiger partial charge in [-0.05, 0) is 11.1 Å². The summed E-state index contributed by atoms with van der Waals surface area (Å²) in [5, 5.41) is 0. The third-order valence-corrected chi connectivity index (χ3v) is 13.9. The zero-order valence-electron chi connectivity index (χ0n) is 40.6. The third kappa shape index (κ3) is 13.6. The molecule has 0 saturated carbocycles. The molecule has 4 bridgehead atoms. The zero-order valence-corrected chi connectivity index (χ0v) is 40.6. The lowest BCUT2D eigenvalue weighted by molar-refractivity contribution is -0.310. The fourth-order valence-electron chi connectivity index (χ4n) is 9.92. The van der Waals surface area contributed by atoms with Crippen LogP contribution in [0.5, 0.6) is 0 Å². The Labute approximate surface area is 399 Å². The van der Waals surface area contributed by atoms with Crippen molar-refractivity contribution in [3.8, 4) is 0 Å². The van der Waals surface area contributed by atoms with Crippen LogP contribution in [0.15, 0.2) is 60.7 Å². The summed E-state index contributed by atoms with van der Waals surface area (Å²) in [5.41, 5.74) is 1.78. The molecule has 0 radical (unpaired) electrons. The van der Waals surface area contributed by atoms with Crippen molar-refractivity contribution in [2.45, 2.75) is 164 Å². The van der Waals surface area contributed by atoms with Crippen LogP contribution in [0.2, 0.25) is 0 Å². The van der Waals surface area contributed by atoms with E-state index < -0.39 is 98.1 Å². The van der Waals surface area contributed by atoms with E-state index >= 15 is 0 Å². The molecule has 0 N–H and O–H groups in total. The highest BCUT2D eigenvalue weighted by atomic mass is 16.7. The lowest BCUT2D eigenvalue weighted by Crippen LogP contribution is -2.58. The number of cyclic esters (lactones) is 2. The molecule has 5 aliphatic heterocycles. The van der Waals surface area contributed by atoms with Gasteiger partial charge in [-0.1, -0.05) is 74.5 Å². The van der Waals surface area contributed by atoms with Crippen LogP contribution in [0.3, 0.4) is 0 Å². The first-order valence-corrected chi connectivity index (χ1v) is 23.8. The second kappa shape index (κ2) is 25.8. The minimum atomic E-state index is -1.05. The molecule has 18 atom stereocenters. The van der Waals surface area contributed by atoms with Crippen LogP contribution in [0.25, 0.3) is 0 Å². The molecule has 0 aromatic heterocycles. The largest absolute Gasteiger partial charge is 0.436 e. The van der Waals surface area contributed by atoms with Crippen LogP contribution in [0.4, 0.5) is 0 Å². The molecule has 380 valence electrons. The number of carbonyl (C=O) groups excluding carboxylic acids is 2. The number of rotatable bonds is 16. The summed E-state index contributed by atoms with van der Waals surface area (Å²) in [6.07, 6.45) is -9.58. The lowest BCUT2D eigenvalue weighted by Gasteiger charge is -2.46. The molecule has 18 nitrogen and oxygen atoms in total. The molecule has 5 aliphatic rings. The molecule has 2 aromatic carbocycles. The summed E-state index contributed by atoms with van der Waals surface area (Å²) < 4.78 is 99.2. The highest BCUT2D eigenvalue weighted by Crippen LogP contribution is 2.38. The van der Waals surface area contributed by atoms with Gasteiger partial charge in [0.1, 0.15) is 36.6 Å². The number of carbonyl (C=O) groups is 2. The van der Waals surface area contributed by atoms with Gasteiger partial charge >= 0.3 is 11.9 Å². The first-order chi connectivity index (χ1) is 33.0. The topological polar surface area (TPSA) is 182 Å². The van der Waals surface area contributed by atoms with Gasteiger partial charge in [0, 0.05) is 80.2 Å². The molecule has 7 rings (SSSR count). The van der Waals surface area contributed by atoms with E-state index in [1.54, 1.807) is 42.7 Å². The van der Waals surface area contributed by atoms with Gasteiger partial charge in [-0.15, -0.1) is 0 Å². The molecule has 5 fully saturated rings. The Morgan fingerprint density at radius 2 is 0.868 bits per heavy atom. The van der Waals surface area contributed by atoms with Crippen LogP contribution in [0.1, 0.15) is 63.5 Å². The molecule has 0 unspecified atom stereocenters. The summed E-state index contributed by atoms with van der Waals surface area (Å²) in [4.78, 5) is 28.6. The molecule has 18 heteroatoms. The average Bonchev–Trinajstić information content (AvgIpc) is 3.35. The first-order valence-electron chi connectivity index (χ1n) is 23.8. The molecule has 2 aromatic rings. The first kappa shape index (κ1) is 52.6. The summed E-state index contributed by atoms with van der Waals surface area (Å²) in [5.74, 6) is -1.75. The summed E-state index contributed by atoms with van der Waals surface area (Å²) in [7, 11) is 9.52. The highest BCUT2D eigenvalue weighted by molar-refractivity contribution is 5.70. The molecule has 68 heavy (non-hydrogen) atoms. The normalized spacial score (nSPS) is 38.6. The highest BCUT2D eigenvalue weighted by Gasteiger charge is 2.49. The number of hydrogen-bond donors (Lipinski definition) is 0. The van der Waals surface area contributed by atoms with Gasteiger partial charge in [0.25, 0.3) is 0 Å². The molecular weight excluding hydrogens is 889 g/mol. The lowest BCUT2D eigenvalue weighted by atomic mass is 9.87. The Morgan fingerprint density at radius 3 is 1.22 bits per heavy atom. The number of esters is 2. The number of ether oxygens (including phenoxy) is 16. The van der Waals surface area contributed by atoms with Gasteiger partial charge in [0.15, 0.2) is 12.6 Å². The zero-order chi connectivity index (χ0) is 48.2. The standard InChI is InChI=1S/C50H72O18/c1-29-35(65-49-47(57-7)45(55-5)39(53-3)27-61-49)19-33-21-43(59-25-31-15-11-9-12-16-31)68-42(52)24-38-30(2)36(66-50-48(58-8)46(56-6)40(54-4)28-62-50)20-34(64-38)22-44(67-41(51)23-37(29)63-33)60-26-32-17-13-10-14-18-32/h9-18,29-30,33-40,43-50H,19-28H2,1-8H3/t29-,30-,33+,34+,35+,36+,37+,38+,39-,40-,43+,44+,45+,46+,47-,48-,49+,50+/m1/s1. The summed E-state index contributed by atoms with van der Waals surface area (Å²) in [6.45, 7) is 4.69. The van der Waals surface area contributed by atoms with Crippen molar-refractivity contribution in [1.82, 2.24) is 0 Å². The van der Waals surface area contributed by atoms with E-state index in [4.69, 9.17) is 75.8 Å². The van der Waals surface area contributed by atoms with Crippen molar-refractivity contribution >= 4 is 11.9 Å². The Bertz CT molecular complexity index is 1680. The quantitative estimate of drug-likeness (QED) is 0.207. The van der Waals surface area contributed by atoms with Gasteiger partial charge in [-0.25, -0.2) is 0 Å². The fourth-order valence-corrected chi connectivity index (χ4v) is 9.92. The van der Waals surface area contributed by atoms with Gasteiger partial charge in [0.05, 0.1) is 75.9 Å². The molecule has 0 spiro atoms. The number of hydrogen-bond acceptors (Lipinski definition) is 18. The van der Waals surface area contributed by atoms with Crippen molar-refractivity contribution in [2.24, 2.45) is 11.8 Å². The van der Waals surface area contributed by atoms with Gasteiger partial charge < -0.3 is 75.8 Å². The van der Waals surface area contributed by atoms with E-state index in [1.807, 2.05) is 74.5 Å². The van der Waals surface area contributed by atoms with Crippen molar-refractivity contribution in [3.63, 3.8) is 0 Å².